The van der Waals surface area contributed by atoms with Gasteiger partial charge in [0.05, 0.1) is 11.3 Å². The summed E-state index contributed by atoms with van der Waals surface area (Å²) in [6.45, 7) is 0. The molecular weight excluding hydrogens is 350 g/mol. The third kappa shape index (κ3) is 3.09. The summed E-state index contributed by atoms with van der Waals surface area (Å²) in [6, 6.07) is 17.7. The Morgan fingerprint density at radius 1 is 1.08 bits per heavy atom. The zero-order valence-corrected chi connectivity index (χ0v) is 14.7. The second-order valence-corrected chi connectivity index (χ2v) is 6.70. The quantitative estimate of drug-likeness (QED) is 0.487. The predicted octanol–water partition coefficient (Wildman–Crippen LogP) is 5.27. The Labute approximate surface area is 153 Å². The van der Waals surface area contributed by atoms with Crippen molar-refractivity contribution in [1.29, 1.82) is 0 Å². The number of rotatable bonds is 3. The molecule has 122 valence electrons. The number of carbonyl (C=O) groups is 1. The summed E-state index contributed by atoms with van der Waals surface area (Å²) >= 11 is 6.54. The molecule has 0 bridgehead atoms. The molecule has 4 aromatic rings. The fraction of sp³-hybridized carbons (Fsp3) is 0. The summed E-state index contributed by atoms with van der Waals surface area (Å²) in [5, 5.41) is 7.61. The van der Waals surface area contributed by atoms with Gasteiger partial charge in [0.1, 0.15) is 4.64 Å². The maximum Gasteiger partial charge on any atom is 0.260 e. The summed E-state index contributed by atoms with van der Waals surface area (Å²) in [7, 11) is 0. The van der Waals surface area contributed by atoms with Crippen molar-refractivity contribution in [3.8, 4) is 11.3 Å². The highest BCUT2D eigenvalue weighted by Crippen LogP contribution is 2.31. The SMILES string of the molecule is O=C(Nc1nc(-c2cccc3ccccc23)cs1)c1ccc[nH]c1=S. The van der Waals surface area contributed by atoms with Gasteiger partial charge in [-0.05, 0) is 22.9 Å². The zero-order valence-electron chi connectivity index (χ0n) is 13.0. The molecule has 25 heavy (non-hydrogen) atoms. The lowest BCUT2D eigenvalue weighted by Gasteiger charge is -2.04. The number of nitrogens with one attached hydrogen (secondary N) is 2. The lowest BCUT2D eigenvalue weighted by atomic mass is 10.0. The molecule has 4 nitrogen and oxygen atoms in total. The molecule has 2 aromatic carbocycles. The Kier molecular flexibility index (Phi) is 4.13. The molecule has 6 heteroatoms. The summed E-state index contributed by atoms with van der Waals surface area (Å²) in [4.78, 5) is 19.8. The monoisotopic (exact) mass is 363 g/mol. The molecule has 0 atom stereocenters. The van der Waals surface area contributed by atoms with Crippen LogP contribution in [0.25, 0.3) is 22.0 Å². The van der Waals surface area contributed by atoms with Gasteiger partial charge in [-0.3, -0.25) is 10.1 Å². The van der Waals surface area contributed by atoms with Gasteiger partial charge in [-0.1, -0.05) is 54.7 Å². The van der Waals surface area contributed by atoms with Crippen LogP contribution < -0.4 is 5.32 Å². The van der Waals surface area contributed by atoms with E-state index in [1.54, 1.807) is 18.3 Å². The van der Waals surface area contributed by atoms with Gasteiger partial charge >= 0.3 is 0 Å². The largest absolute Gasteiger partial charge is 0.352 e. The molecule has 0 radical (unpaired) electrons. The molecule has 0 unspecified atom stereocenters. The first-order valence-electron chi connectivity index (χ1n) is 7.65. The van der Waals surface area contributed by atoms with Gasteiger partial charge in [0.2, 0.25) is 0 Å². The molecule has 0 spiro atoms. The number of pyridine rings is 1. The van der Waals surface area contributed by atoms with Crippen molar-refractivity contribution in [2.24, 2.45) is 0 Å². The van der Waals surface area contributed by atoms with Gasteiger partial charge in [-0.15, -0.1) is 11.3 Å². The van der Waals surface area contributed by atoms with E-state index in [0.29, 0.717) is 15.3 Å². The molecule has 1 amide bonds. The number of fused-ring (bicyclic) bond motifs is 1. The van der Waals surface area contributed by atoms with Crippen molar-refractivity contribution < 1.29 is 4.79 Å². The fourth-order valence-corrected chi connectivity index (χ4v) is 3.60. The lowest BCUT2D eigenvalue weighted by molar-refractivity contribution is 0.102. The normalized spacial score (nSPS) is 10.7. The van der Waals surface area contributed by atoms with Gasteiger partial charge < -0.3 is 4.98 Å². The van der Waals surface area contributed by atoms with E-state index < -0.39 is 0 Å². The Morgan fingerprint density at radius 3 is 2.80 bits per heavy atom. The van der Waals surface area contributed by atoms with Crippen LogP contribution in [-0.4, -0.2) is 15.9 Å². The number of H-pyrrole nitrogens is 1. The molecular formula is C19H13N3OS2. The van der Waals surface area contributed by atoms with Crippen molar-refractivity contribution in [2.75, 3.05) is 5.32 Å². The number of hydrogen-bond acceptors (Lipinski definition) is 4. The molecule has 0 aliphatic carbocycles. The summed E-state index contributed by atoms with van der Waals surface area (Å²) in [6.07, 6.45) is 1.70. The smallest absolute Gasteiger partial charge is 0.260 e. The molecule has 0 fully saturated rings. The standard InChI is InChI=1S/C19H13N3OS2/c23-17(15-9-4-10-20-18(15)24)22-19-21-16(11-25-19)14-8-3-6-12-5-1-2-7-13(12)14/h1-11H,(H,20,24)(H,21,22,23). The van der Waals surface area contributed by atoms with Crippen LogP contribution in [0.1, 0.15) is 10.4 Å². The van der Waals surface area contributed by atoms with Crippen molar-refractivity contribution >= 4 is 45.4 Å². The van der Waals surface area contributed by atoms with E-state index in [-0.39, 0.29) is 5.91 Å². The van der Waals surface area contributed by atoms with Gasteiger partial charge in [0.25, 0.3) is 5.91 Å². The Morgan fingerprint density at radius 2 is 1.92 bits per heavy atom. The van der Waals surface area contributed by atoms with Crippen LogP contribution in [0.5, 0.6) is 0 Å². The van der Waals surface area contributed by atoms with Crippen LogP contribution in [-0.2, 0) is 0 Å². The average molecular weight is 363 g/mol. The summed E-state index contributed by atoms with van der Waals surface area (Å²) in [5.74, 6) is -0.263. The highest BCUT2D eigenvalue weighted by atomic mass is 32.1. The van der Waals surface area contributed by atoms with E-state index in [1.165, 1.54) is 11.3 Å². The second kappa shape index (κ2) is 6.58. The Balaban J connectivity index is 1.65. The maximum atomic E-state index is 12.4. The van der Waals surface area contributed by atoms with Crippen molar-refractivity contribution in [2.45, 2.75) is 0 Å². The minimum atomic E-state index is -0.263. The van der Waals surface area contributed by atoms with Gasteiger partial charge in [-0.2, -0.15) is 0 Å². The number of aromatic nitrogens is 2. The number of anilines is 1. The number of thiazole rings is 1. The van der Waals surface area contributed by atoms with Gasteiger partial charge in [0, 0.05) is 17.1 Å². The van der Waals surface area contributed by atoms with E-state index >= 15 is 0 Å². The first kappa shape index (κ1) is 15.7. The highest BCUT2D eigenvalue weighted by Gasteiger charge is 2.12. The highest BCUT2D eigenvalue weighted by molar-refractivity contribution is 7.71. The van der Waals surface area contributed by atoms with E-state index in [1.807, 2.05) is 29.6 Å². The molecule has 2 aromatic heterocycles. The number of amides is 1. The Hall–Kier alpha value is -2.83. The third-order valence-electron chi connectivity index (χ3n) is 3.85. The molecule has 0 aliphatic rings. The first-order chi connectivity index (χ1) is 12.2. The number of nitrogens with zero attached hydrogens (tertiary/aromatic N) is 1. The van der Waals surface area contributed by atoms with Gasteiger partial charge in [0.15, 0.2) is 5.13 Å². The minimum Gasteiger partial charge on any atom is -0.352 e. The molecule has 2 N–H and O–H groups in total. The van der Waals surface area contributed by atoms with Crippen molar-refractivity contribution in [3.63, 3.8) is 0 Å². The maximum absolute atomic E-state index is 12.4. The topological polar surface area (TPSA) is 57.8 Å². The minimum absolute atomic E-state index is 0.263. The zero-order chi connectivity index (χ0) is 17.2. The summed E-state index contributed by atoms with van der Waals surface area (Å²) < 4.78 is 0.408. The fourth-order valence-electron chi connectivity index (χ4n) is 2.67. The van der Waals surface area contributed by atoms with E-state index in [0.717, 1.165) is 22.0 Å². The number of carbonyl (C=O) groups excluding carboxylic acids is 1. The number of hydrogen-bond donors (Lipinski definition) is 2. The van der Waals surface area contributed by atoms with Crippen LogP contribution in [0, 0.1) is 4.64 Å². The number of aromatic amines is 1. The van der Waals surface area contributed by atoms with Crippen LogP contribution in [0.4, 0.5) is 5.13 Å². The average Bonchev–Trinajstić information content (AvgIpc) is 3.10. The van der Waals surface area contributed by atoms with Crippen LogP contribution in [0.3, 0.4) is 0 Å². The van der Waals surface area contributed by atoms with Crippen molar-refractivity contribution in [1.82, 2.24) is 9.97 Å². The molecule has 0 aliphatic heterocycles. The molecule has 0 saturated heterocycles. The van der Waals surface area contributed by atoms with Crippen LogP contribution >= 0.6 is 23.6 Å². The summed E-state index contributed by atoms with van der Waals surface area (Å²) in [5.41, 5.74) is 2.32. The van der Waals surface area contributed by atoms with Crippen molar-refractivity contribution in [3.05, 3.63) is 76.4 Å². The van der Waals surface area contributed by atoms with Gasteiger partial charge in [-0.25, -0.2) is 4.98 Å². The van der Waals surface area contributed by atoms with E-state index in [9.17, 15) is 4.79 Å². The lowest BCUT2D eigenvalue weighted by Crippen LogP contribution is -2.12. The number of benzene rings is 2. The van der Waals surface area contributed by atoms with Crippen LogP contribution in [0.15, 0.2) is 66.2 Å². The van der Waals surface area contributed by atoms with E-state index in [2.05, 4.69) is 33.5 Å². The molecule has 2 heterocycles. The second-order valence-electron chi connectivity index (χ2n) is 5.43. The molecule has 0 saturated carbocycles. The third-order valence-corrected chi connectivity index (χ3v) is 4.95. The van der Waals surface area contributed by atoms with Crippen LogP contribution in [0.2, 0.25) is 0 Å². The predicted molar refractivity (Wildman–Crippen MR) is 105 cm³/mol. The molecule has 4 rings (SSSR count). The van der Waals surface area contributed by atoms with E-state index in [4.69, 9.17) is 12.2 Å². The first-order valence-corrected chi connectivity index (χ1v) is 8.94. The Bertz CT molecular complexity index is 1130.